The molecule has 1 rings (SSSR count). The lowest BCUT2D eigenvalue weighted by Crippen LogP contribution is -2.12. The van der Waals surface area contributed by atoms with E-state index in [9.17, 15) is 4.79 Å². The Morgan fingerprint density at radius 3 is 2.76 bits per heavy atom. The summed E-state index contributed by atoms with van der Waals surface area (Å²) in [6.45, 7) is 2.14. The van der Waals surface area contributed by atoms with E-state index in [1.54, 1.807) is 18.2 Å². The molecule has 0 fully saturated rings. The van der Waals surface area contributed by atoms with Crippen LogP contribution in [0.15, 0.2) is 24.3 Å². The highest BCUT2D eigenvalue weighted by molar-refractivity contribution is 5.92. The summed E-state index contributed by atoms with van der Waals surface area (Å²) in [6, 6.07) is 9.12. The van der Waals surface area contributed by atoms with E-state index in [1.165, 1.54) is 12.8 Å². The molecule has 0 saturated carbocycles. The van der Waals surface area contributed by atoms with Gasteiger partial charge in [-0.3, -0.25) is 4.79 Å². The minimum Gasteiger partial charge on any atom is -0.325 e. The van der Waals surface area contributed by atoms with Crippen LogP contribution in [-0.2, 0) is 4.79 Å². The maximum Gasteiger partial charge on any atom is 0.224 e. The van der Waals surface area contributed by atoms with E-state index < -0.39 is 0 Å². The molecule has 3 nitrogen and oxygen atoms in total. The first-order valence-electron chi connectivity index (χ1n) is 6.07. The lowest BCUT2D eigenvalue weighted by atomic mass is 10.1. The number of carbonyl (C=O) groups excluding carboxylic acids is 1. The van der Waals surface area contributed by atoms with Gasteiger partial charge in [-0.25, -0.2) is 0 Å². The van der Waals surface area contributed by atoms with Crippen LogP contribution in [0.3, 0.4) is 0 Å². The Hall–Kier alpha value is -1.82. The van der Waals surface area contributed by atoms with Crippen LogP contribution in [0.5, 0.6) is 0 Å². The van der Waals surface area contributed by atoms with Gasteiger partial charge in [-0.05, 0) is 18.6 Å². The molecule has 0 unspecified atom stereocenters. The Labute approximate surface area is 102 Å². The molecule has 90 valence electrons. The number of benzene rings is 1. The fraction of sp³-hybridized carbons (Fsp3) is 0.429. The zero-order valence-electron chi connectivity index (χ0n) is 10.2. The van der Waals surface area contributed by atoms with Crippen molar-refractivity contribution in [1.29, 1.82) is 5.26 Å². The maximum absolute atomic E-state index is 11.6. The molecule has 1 aromatic carbocycles. The molecular weight excluding hydrogens is 212 g/mol. The van der Waals surface area contributed by atoms with E-state index in [-0.39, 0.29) is 5.91 Å². The molecule has 3 heteroatoms. The van der Waals surface area contributed by atoms with Crippen molar-refractivity contribution in [2.75, 3.05) is 5.32 Å². The van der Waals surface area contributed by atoms with Gasteiger partial charge in [-0.2, -0.15) is 5.26 Å². The molecule has 17 heavy (non-hydrogen) atoms. The van der Waals surface area contributed by atoms with Gasteiger partial charge >= 0.3 is 0 Å². The summed E-state index contributed by atoms with van der Waals surface area (Å²) < 4.78 is 0. The van der Waals surface area contributed by atoms with E-state index in [0.717, 1.165) is 12.8 Å². The zero-order chi connectivity index (χ0) is 12.5. The van der Waals surface area contributed by atoms with Gasteiger partial charge in [0.15, 0.2) is 0 Å². The minimum absolute atomic E-state index is 0.0104. The number of hydrogen-bond acceptors (Lipinski definition) is 2. The van der Waals surface area contributed by atoms with E-state index in [0.29, 0.717) is 17.7 Å². The number of nitrogens with one attached hydrogen (secondary N) is 1. The van der Waals surface area contributed by atoms with Crippen LogP contribution >= 0.6 is 0 Å². The van der Waals surface area contributed by atoms with E-state index in [2.05, 4.69) is 18.3 Å². The monoisotopic (exact) mass is 230 g/mol. The molecule has 1 aromatic rings. The van der Waals surface area contributed by atoms with Crippen LogP contribution in [0.4, 0.5) is 5.69 Å². The summed E-state index contributed by atoms with van der Waals surface area (Å²) in [5, 5.41) is 11.7. The molecule has 0 aliphatic carbocycles. The summed E-state index contributed by atoms with van der Waals surface area (Å²) in [7, 11) is 0. The third-order valence-electron chi connectivity index (χ3n) is 2.58. The molecule has 0 atom stereocenters. The van der Waals surface area contributed by atoms with Crippen molar-refractivity contribution in [1.82, 2.24) is 0 Å². The van der Waals surface area contributed by atoms with Crippen molar-refractivity contribution in [3.63, 3.8) is 0 Å². The van der Waals surface area contributed by atoms with Crippen LogP contribution in [0, 0.1) is 11.3 Å². The molecule has 0 saturated heterocycles. The summed E-state index contributed by atoms with van der Waals surface area (Å²) in [6.07, 6.45) is 4.86. The SMILES string of the molecule is CCCCCCC(=O)Nc1ccccc1C#N. The second kappa shape index (κ2) is 7.45. The third-order valence-corrected chi connectivity index (χ3v) is 2.58. The average molecular weight is 230 g/mol. The number of unbranched alkanes of at least 4 members (excludes halogenated alkanes) is 3. The van der Waals surface area contributed by atoms with Gasteiger partial charge in [-0.15, -0.1) is 0 Å². The Balaban J connectivity index is 2.43. The van der Waals surface area contributed by atoms with Gasteiger partial charge in [0, 0.05) is 6.42 Å². The van der Waals surface area contributed by atoms with Crippen molar-refractivity contribution >= 4 is 11.6 Å². The second-order valence-electron chi connectivity index (χ2n) is 4.02. The number of hydrogen-bond donors (Lipinski definition) is 1. The maximum atomic E-state index is 11.6. The average Bonchev–Trinajstić information content (AvgIpc) is 2.35. The molecule has 0 aromatic heterocycles. The lowest BCUT2D eigenvalue weighted by Gasteiger charge is -2.06. The van der Waals surface area contributed by atoms with Crippen molar-refractivity contribution < 1.29 is 4.79 Å². The first-order valence-corrected chi connectivity index (χ1v) is 6.07. The van der Waals surface area contributed by atoms with Gasteiger partial charge in [0.1, 0.15) is 6.07 Å². The fourth-order valence-corrected chi connectivity index (χ4v) is 1.61. The number of para-hydroxylation sites is 1. The molecule has 0 heterocycles. The Morgan fingerprint density at radius 2 is 2.06 bits per heavy atom. The van der Waals surface area contributed by atoms with Crippen LogP contribution in [0.2, 0.25) is 0 Å². The van der Waals surface area contributed by atoms with E-state index in [1.807, 2.05) is 6.07 Å². The van der Waals surface area contributed by atoms with Crippen molar-refractivity contribution in [3.8, 4) is 6.07 Å². The lowest BCUT2D eigenvalue weighted by molar-refractivity contribution is -0.116. The molecular formula is C14H18N2O. The summed E-state index contributed by atoms with van der Waals surface area (Å²) in [5.41, 5.74) is 1.12. The first kappa shape index (κ1) is 13.2. The minimum atomic E-state index is -0.0104. The number of anilines is 1. The summed E-state index contributed by atoms with van der Waals surface area (Å²) in [5.74, 6) is -0.0104. The van der Waals surface area contributed by atoms with Gasteiger partial charge in [0.05, 0.1) is 11.3 Å². The molecule has 0 aliphatic rings. The highest BCUT2D eigenvalue weighted by atomic mass is 16.1. The van der Waals surface area contributed by atoms with Crippen LogP contribution in [-0.4, -0.2) is 5.91 Å². The molecule has 0 aliphatic heterocycles. The molecule has 0 bridgehead atoms. The predicted molar refractivity (Wildman–Crippen MR) is 68.5 cm³/mol. The highest BCUT2D eigenvalue weighted by Gasteiger charge is 2.05. The number of amides is 1. The standard InChI is InChI=1S/C14H18N2O/c1-2-3-4-5-10-14(17)16-13-9-7-6-8-12(13)11-15/h6-9H,2-5,10H2,1H3,(H,16,17). The smallest absolute Gasteiger partial charge is 0.224 e. The summed E-state index contributed by atoms with van der Waals surface area (Å²) >= 11 is 0. The quantitative estimate of drug-likeness (QED) is 0.761. The highest BCUT2D eigenvalue weighted by Crippen LogP contribution is 2.14. The topological polar surface area (TPSA) is 52.9 Å². The molecule has 1 N–H and O–H groups in total. The largest absolute Gasteiger partial charge is 0.325 e. The van der Waals surface area contributed by atoms with Crippen LogP contribution in [0.25, 0.3) is 0 Å². The zero-order valence-corrected chi connectivity index (χ0v) is 10.2. The van der Waals surface area contributed by atoms with Gasteiger partial charge in [0.2, 0.25) is 5.91 Å². The Kier molecular flexibility index (Phi) is 5.81. The van der Waals surface area contributed by atoms with Gasteiger partial charge < -0.3 is 5.32 Å². The second-order valence-corrected chi connectivity index (χ2v) is 4.02. The number of nitrogens with zero attached hydrogens (tertiary/aromatic N) is 1. The third kappa shape index (κ3) is 4.69. The van der Waals surface area contributed by atoms with E-state index >= 15 is 0 Å². The van der Waals surface area contributed by atoms with Gasteiger partial charge in [-0.1, -0.05) is 38.3 Å². The first-order chi connectivity index (χ1) is 8.27. The van der Waals surface area contributed by atoms with Gasteiger partial charge in [0.25, 0.3) is 0 Å². The van der Waals surface area contributed by atoms with Crippen molar-refractivity contribution in [2.45, 2.75) is 39.0 Å². The Morgan fingerprint density at radius 1 is 1.29 bits per heavy atom. The fourth-order valence-electron chi connectivity index (χ4n) is 1.61. The number of carbonyl (C=O) groups is 1. The Bertz CT molecular complexity index is 407. The summed E-state index contributed by atoms with van der Waals surface area (Å²) in [4.78, 5) is 11.6. The van der Waals surface area contributed by atoms with Crippen LogP contribution in [0.1, 0.15) is 44.6 Å². The molecule has 0 radical (unpaired) electrons. The van der Waals surface area contributed by atoms with E-state index in [4.69, 9.17) is 5.26 Å². The molecule has 0 spiro atoms. The predicted octanol–water partition coefficient (Wildman–Crippen LogP) is 3.47. The molecule has 1 amide bonds. The number of rotatable bonds is 6. The van der Waals surface area contributed by atoms with Crippen molar-refractivity contribution in [2.24, 2.45) is 0 Å². The number of nitriles is 1. The normalized spacial score (nSPS) is 9.65. The van der Waals surface area contributed by atoms with Crippen LogP contribution < -0.4 is 5.32 Å². The van der Waals surface area contributed by atoms with Crippen molar-refractivity contribution in [3.05, 3.63) is 29.8 Å².